The largest absolute Gasteiger partial charge is 0.479 e. The summed E-state index contributed by atoms with van der Waals surface area (Å²) in [7, 11) is 0. The standard InChI is InChI=1S/C24H27N3O4/c1-3-18-8-10-19(11-9-18)24(30)26-14-12-25(13-15-26)22(28)16-27-20-6-4-5-7-21(20)31-17(2)23(27)29/h4-11,17H,3,12-16H2,1-2H3. The Bertz CT molecular complexity index is 981. The Kier molecular flexibility index (Phi) is 5.93. The number of anilines is 1. The van der Waals surface area contributed by atoms with Gasteiger partial charge in [-0.15, -0.1) is 0 Å². The smallest absolute Gasteiger partial charge is 0.268 e. The number of hydrogen-bond acceptors (Lipinski definition) is 4. The molecule has 162 valence electrons. The van der Waals surface area contributed by atoms with Crippen LogP contribution in [0.2, 0.25) is 0 Å². The molecule has 2 aromatic rings. The Morgan fingerprint density at radius 2 is 1.61 bits per heavy atom. The molecule has 3 amide bonds. The van der Waals surface area contributed by atoms with E-state index in [-0.39, 0.29) is 24.3 Å². The SMILES string of the molecule is CCc1ccc(C(=O)N2CCN(C(=O)CN3C(=O)C(C)Oc4ccccc43)CC2)cc1. The zero-order valence-corrected chi connectivity index (χ0v) is 17.9. The number of rotatable bonds is 4. The molecule has 0 saturated carbocycles. The Morgan fingerprint density at radius 1 is 0.968 bits per heavy atom. The highest BCUT2D eigenvalue weighted by molar-refractivity contribution is 6.03. The average Bonchev–Trinajstić information content (AvgIpc) is 2.81. The van der Waals surface area contributed by atoms with Crippen molar-refractivity contribution in [2.75, 3.05) is 37.6 Å². The molecule has 0 bridgehead atoms. The molecule has 2 aliphatic rings. The lowest BCUT2D eigenvalue weighted by atomic mass is 10.1. The van der Waals surface area contributed by atoms with E-state index in [0.717, 1.165) is 6.42 Å². The molecule has 1 unspecified atom stereocenters. The molecule has 7 nitrogen and oxygen atoms in total. The second kappa shape index (κ2) is 8.79. The van der Waals surface area contributed by atoms with E-state index in [0.29, 0.717) is 43.2 Å². The zero-order chi connectivity index (χ0) is 22.0. The molecule has 2 aliphatic heterocycles. The second-order valence-electron chi connectivity index (χ2n) is 7.88. The second-order valence-corrected chi connectivity index (χ2v) is 7.88. The normalized spacial score (nSPS) is 18.5. The number of aryl methyl sites for hydroxylation is 1. The quantitative estimate of drug-likeness (QED) is 0.760. The molecule has 1 fully saturated rings. The van der Waals surface area contributed by atoms with Crippen LogP contribution >= 0.6 is 0 Å². The van der Waals surface area contributed by atoms with Crippen molar-refractivity contribution in [1.82, 2.24) is 9.80 Å². The maximum Gasteiger partial charge on any atom is 0.268 e. The van der Waals surface area contributed by atoms with Crippen molar-refractivity contribution >= 4 is 23.4 Å². The molecule has 0 aromatic heterocycles. The first kappa shape index (κ1) is 20.9. The minimum absolute atomic E-state index is 0.0131. The van der Waals surface area contributed by atoms with Crippen LogP contribution in [-0.2, 0) is 16.0 Å². The lowest BCUT2D eigenvalue weighted by Crippen LogP contribution is -2.54. The van der Waals surface area contributed by atoms with E-state index in [4.69, 9.17) is 4.74 Å². The summed E-state index contributed by atoms with van der Waals surface area (Å²) < 4.78 is 5.64. The number of fused-ring (bicyclic) bond motifs is 1. The summed E-state index contributed by atoms with van der Waals surface area (Å²) in [4.78, 5) is 43.3. The summed E-state index contributed by atoms with van der Waals surface area (Å²) in [6.07, 6.45) is 0.306. The van der Waals surface area contributed by atoms with Gasteiger partial charge in [0.05, 0.1) is 5.69 Å². The molecule has 1 saturated heterocycles. The van der Waals surface area contributed by atoms with Gasteiger partial charge in [0.25, 0.3) is 11.8 Å². The fourth-order valence-corrected chi connectivity index (χ4v) is 3.98. The molecular formula is C24H27N3O4. The number of ether oxygens (including phenoxy) is 1. The first-order valence-corrected chi connectivity index (χ1v) is 10.7. The average molecular weight is 421 g/mol. The molecule has 2 aromatic carbocycles. The van der Waals surface area contributed by atoms with Gasteiger partial charge in [-0.05, 0) is 43.2 Å². The number of para-hydroxylation sites is 2. The number of carbonyl (C=O) groups is 3. The number of benzene rings is 2. The van der Waals surface area contributed by atoms with Gasteiger partial charge < -0.3 is 14.5 Å². The number of carbonyl (C=O) groups excluding carboxylic acids is 3. The number of nitrogens with zero attached hydrogens (tertiary/aromatic N) is 3. The van der Waals surface area contributed by atoms with E-state index < -0.39 is 6.10 Å². The van der Waals surface area contributed by atoms with E-state index in [2.05, 4.69) is 6.92 Å². The Hall–Kier alpha value is -3.35. The number of amides is 3. The zero-order valence-electron chi connectivity index (χ0n) is 17.9. The third-order valence-corrected chi connectivity index (χ3v) is 5.90. The van der Waals surface area contributed by atoms with Gasteiger partial charge in [-0.1, -0.05) is 31.2 Å². The Labute approximate surface area is 182 Å². The fraction of sp³-hybridized carbons (Fsp3) is 0.375. The van der Waals surface area contributed by atoms with Crippen molar-refractivity contribution < 1.29 is 19.1 Å². The minimum Gasteiger partial charge on any atom is -0.479 e. The highest BCUT2D eigenvalue weighted by Gasteiger charge is 2.34. The number of hydrogen-bond donors (Lipinski definition) is 0. The molecule has 2 heterocycles. The molecular weight excluding hydrogens is 394 g/mol. The van der Waals surface area contributed by atoms with Gasteiger partial charge in [0.15, 0.2) is 6.10 Å². The van der Waals surface area contributed by atoms with Crippen LogP contribution in [0, 0.1) is 0 Å². The van der Waals surface area contributed by atoms with E-state index in [1.54, 1.807) is 28.9 Å². The summed E-state index contributed by atoms with van der Waals surface area (Å²) in [5.41, 5.74) is 2.48. The number of piperazine rings is 1. The predicted octanol–water partition coefficient (Wildman–Crippen LogP) is 2.35. The highest BCUT2D eigenvalue weighted by Crippen LogP contribution is 2.33. The van der Waals surface area contributed by atoms with Gasteiger partial charge in [0.1, 0.15) is 12.3 Å². The van der Waals surface area contributed by atoms with Crippen LogP contribution in [0.4, 0.5) is 5.69 Å². The van der Waals surface area contributed by atoms with Gasteiger partial charge >= 0.3 is 0 Å². The summed E-state index contributed by atoms with van der Waals surface area (Å²) in [6.45, 7) is 5.59. The van der Waals surface area contributed by atoms with Crippen molar-refractivity contribution in [2.24, 2.45) is 0 Å². The predicted molar refractivity (Wildman–Crippen MR) is 117 cm³/mol. The molecule has 1 atom stereocenters. The summed E-state index contributed by atoms with van der Waals surface area (Å²) in [5, 5.41) is 0. The first-order valence-electron chi connectivity index (χ1n) is 10.7. The molecule has 0 aliphatic carbocycles. The lowest BCUT2D eigenvalue weighted by Gasteiger charge is -2.37. The van der Waals surface area contributed by atoms with Crippen LogP contribution in [0.15, 0.2) is 48.5 Å². The summed E-state index contributed by atoms with van der Waals surface area (Å²) in [6, 6.07) is 14.9. The summed E-state index contributed by atoms with van der Waals surface area (Å²) >= 11 is 0. The Morgan fingerprint density at radius 3 is 2.29 bits per heavy atom. The monoisotopic (exact) mass is 421 g/mol. The van der Waals surface area contributed by atoms with Crippen molar-refractivity contribution in [3.8, 4) is 5.75 Å². The molecule has 7 heteroatoms. The van der Waals surface area contributed by atoms with Crippen LogP contribution < -0.4 is 9.64 Å². The van der Waals surface area contributed by atoms with Gasteiger partial charge in [0, 0.05) is 31.7 Å². The fourth-order valence-electron chi connectivity index (χ4n) is 3.98. The van der Waals surface area contributed by atoms with Crippen LogP contribution in [0.25, 0.3) is 0 Å². The van der Waals surface area contributed by atoms with E-state index in [9.17, 15) is 14.4 Å². The molecule has 0 radical (unpaired) electrons. The first-order chi connectivity index (χ1) is 15.0. The van der Waals surface area contributed by atoms with Crippen molar-refractivity contribution in [2.45, 2.75) is 26.4 Å². The third kappa shape index (κ3) is 4.26. The van der Waals surface area contributed by atoms with Crippen molar-refractivity contribution in [3.63, 3.8) is 0 Å². The minimum atomic E-state index is -0.628. The molecule has 0 spiro atoms. The maximum absolute atomic E-state index is 12.9. The molecule has 4 rings (SSSR count). The summed E-state index contributed by atoms with van der Waals surface area (Å²) in [5.74, 6) is 0.237. The Balaban J connectivity index is 1.37. The third-order valence-electron chi connectivity index (χ3n) is 5.90. The van der Waals surface area contributed by atoms with Crippen LogP contribution in [0.3, 0.4) is 0 Å². The van der Waals surface area contributed by atoms with E-state index in [1.807, 2.05) is 36.4 Å². The van der Waals surface area contributed by atoms with Crippen LogP contribution in [0.5, 0.6) is 5.75 Å². The van der Waals surface area contributed by atoms with E-state index in [1.165, 1.54) is 10.5 Å². The molecule has 31 heavy (non-hydrogen) atoms. The topological polar surface area (TPSA) is 70.2 Å². The van der Waals surface area contributed by atoms with Gasteiger partial charge in [0.2, 0.25) is 5.91 Å². The van der Waals surface area contributed by atoms with Gasteiger partial charge in [-0.2, -0.15) is 0 Å². The highest BCUT2D eigenvalue weighted by atomic mass is 16.5. The van der Waals surface area contributed by atoms with Gasteiger partial charge in [-0.25, -0.2) is 0 Å². The van der Waals surface area contributed by atoms with Crippen LogP contribution in [-0.4, -0.2) is 66.3 Å². The maximum atomic E-state index is 12.9. The van der Waals surface area contributed by atoms with E-state index >= 15 is 0 Å². The van der Waals surface area contributed by atoms with Crippen LogP contribution in [0.1, 0.15) is 29.8 Å². The molecule has 0 N–H and O–H groups in total. The van der Waals surface area contributed by atoms with Crippen molar-refractivity contribution in [1.29, 1.82) is 0 Å². The van der Waals surface area contributed by atoms with Gasteiger partial charge in [-0.3, -0.25) is 19.3 Å². The lowest BCUT2D eigenvalue weighted by molar-refractivity contribution is -0.134. The van der Waals surface area contributed by atoms with Crippen molar-refractivity contribution in [3.05, 3.63) is 59.7 Å².